The van der Waals surface area contributed by atoms with E-state index >= 15 is 0 Å². The molecule has 1 aliphatic heterocycles. The van der Waals surface area contributed by atoms with Crippen LogP contribution in [0.1, 0.15) is 17.3 Å². The van der Waals surface area contributed by atoms with Crippen molar-refractivity contribution >= 4 is 29.2 Å². The van der Waals surface area contributed by atoms with E-state index in [2.05, 4.69) is 5.32 Å². The zero-order chi connectivity index (χ0) is 18.0. The minimum absolute atomic E-state index is 0.0246. The van der Waals surface area contributed by atoms with Crippen LogP contribution in [0, 0.1) is 0 Å². The van der Waals surface area contributed by atoms with Crippen molar-refractivity contribution in [1.82, 2.24) is 0 Å². The van der Waals surface area contributed by atoms with E-state index in [1.54, 1.807) is 24.3 Å². The van der Waals surface area contributed by atoms with Crippen LogP contribution in [-0.4, -0.2) is 35.5 Å². The highest BCUT2D eigenvalue weighted by molar-refractivity contribution is 6.11. The molecule has 0 spiro atoms. The lowest BCUT2D eigenvalue weighted by Crippen LogP contribution is -2.47. The SMILES string of the molecule is C[C@@H](OC(=O)c1ccc(O)cc1)C(=O)N1CC(=O)Nc2ccccc21. The van der Waals surface area contributed by atoms with E-state index < -0.39 is 18.0 Å². The zero-order valence-corrected chi connectivity index (χ0v) is 13.4. The number of carbonyl (C=O) groups excluding carboxylic acids is 3. The molecule has 7 heteroatoms. The van der Waals surface area contributed by atoms with Gasteiger partial charge in [0.2, 0.25) is 5.91 Å². The van der Waals surface area contributed by atoms with Gasteiger partial charge >= 0.3 is 5.97 Å². The molecule has 2 aromatic rings. The van der Waals surface area contributed by atoms with Crippen LogP contribution in [0.4, 0.5) is 11.4 Å². The summed E-state index contributed by atoms with van der Waals surface area (Å²) in [6.45, 7) is 1.31. The number of phenols is 1. The van der Waals surface area contributed by atoms with E-state index in [1.165, 1.54) is 36.1 Å². The maximum absolute atomic E-state index is 12.7. The Labute approximate surface area is 143 Å². The quantitative estimate of drug-likeness (QED) is 0.832. The normalized spacial score (nSPS) is 14.3. The molecule has 0 aromatic heterocycles. The molecule has 3 rings (SSSR count). The summed E-state index contributed by atoms with van der Waals surface area (Å²) in [4.78, 5) is 37.9. The number of rotatable bonds is 3. The van der Waals surface area contributed by atoms with Gasteiger partial charge in [-0.1, -0.05) is 12.1 Å². The minimum Gasteiger partial charge on any atom is -0.508 e. The van der Waals surface area contributed by atoms with Crippen molar-refractivity contribution < 1.29 is 24.2 Å². The number of nitrogens with one attached hydrogen (secondary N) is 1. The number of carbonyl (C=O) groups is 3. The van der Waals surface area contributed by atoms with E-state index in [9.17, 15) is 19.5 Å². The van der Waals surface area contributed by atoms with Crippen molar-refractivity contribution in [2.24, 2.45) is 0 Å². The lowest BCUT2D eigenvalue weighted by molar-refractivity contribution is -0.128. The smallest absolute Gasteiger partial charge is 0.338 e. The fourth-order valence-corrected chi connectivity index (χ4v) is 2.53. The molecule has 1 atom stereocenters. The summed E-state index contributed by atoms with van der Waals surface area (Å²) in [5, 5.41) is 11.9. The molecule has 1 aliphatic rings. The second-order valence-electron chi connectivity index (χ2n) is 5.58. The number of fused-ring (bicyclic) bond motifs is 1. The average Bonchev–Trinajstić information content (AvgIpc) is 2.60. The van der Waals surface area contributed by atoms with Crippen molar-refractivity contribution in [2.75, 3.05) is 16.8 Å². The Morgan fingerprint density at radius 1 is 1.16 bits per heavy atom. The van der Waals surface area contributed by atoms with E-state index in [4.69, 9.17) is 4.74 Å². The molecule has 0 saturated heterocycles. The van der Waals surface area contributed by atoms with Gasteiger partial charge in [-0.3, -0.25) is 14.5 Å². The lowest BCUT2D eigenvalue weighted by Gasteiger charge is -2.30. The van der Waals surface area contributed by atoms with Gasteiger partial charge in [0.15, 0.2) is 6.10 Å². The second kappa shape index (κ2) is 6.64. The number of anilines is 2. The number of hydrogen-bond donors (Lipinski definition) is 2. The largest absolute Gasteiger partial charge is 0.508 e. The third kappa shape index (κ3) is 3.45. The highest BCUT2D eigenvalue weighted by atomic mass is 16.5. The molecule has 2 N–H and O–H groups in total. The molecule has 2 aromatic carbocycles. The Morgan fingerprint density at radius 2 is 1.84 bits per heavy atom. The molecule has 0 fully saturated rings. The maximum atomic E-state index is 12.7. The first-order chi connectivity index (χ1) is 12.0. The van der Waals surface area contributed by atoms with Gasteiger partial charge in [-0.2, -0.15) is 0 Å². The fourth-order valence-electron chi connectivity index (χ4n) is 2.53. The Bertz CT molecular complexity index is 832. The highest BCUT2D eigenvalue weighted by Crippen LogP contribution is 2.29. The van der Waals surface area contributed by atoms with Gasteiger partial charge in [-0.05, 0) is 43.3 Å². The Balaban J connectivity index is 1.75. The third-order valence-corrected chi connectivity index (χ3v) is 3.77. The zero-order valence-electron chi connectivity index (χ0n) is 13.4. The predicted octanol–water partition coefficient (Wildman–Crippen LogP) is 1.92. The predicted molar refractivity (Wildman–Crippen MR) is 90.4 cm³/mol. The van der Waals surface area contributed by atoms with Gasteiger partial charge < -0.3 is 15.2 Å². The first-order valence-corrected chi connectivity index (χ1v) is 7.66. The van der Waals surface area contributed by atoms with Gasteiger partial charge in [0, 0.05) is 0 Å². The Morgan fingerprint density at radius 3 is 2.56 bits per heavy atom. The van der Waals surface area contributed by atoms with Crippen LogP contribution in [-0.2, 0) is 14.3 Å². The number of ether oxygens (including phenoxy) is 1. The molecule has 0 radical (unpaired) electrons. The summed E-state index contributed by atoms with van der Waals surface area (Å²) in [6.07, 6.45) is -1.07. The van der Waals surface area contributed by atoms with Crippen molar-refractivity contribution in [2.45, 2.75) is 13.0 Å². The molecule has 25 heavy (non-hydrogen) atoms. The van der Waals surface area contributed by atoms with Crippen molar-refractivity contribution in [3.63, 3.8) is 0 Å². The third-order valence-electron chi connectivity index (χ3n) is 3.77. The van der Waals surface area contributed by atoms with Gasteiger partial charge in [0.1, 0.15) is 12.3 Å². The van der Waals surface area contributed by atoms with Gasteiger partial charge in [0.05, 0.1) is 16.9 Å². The number of hydrogen-bond acceptors (Lipinski definition) is 5. The summed E-state index contributed by atoms with van der Waals surface area (Å²) in [7, 11) is 0. The van der Waals surface area contributed by atoms with Crippen LogP contribution in [0.5, 0.6) is 5.75 Å². The van der Waals surface area contributed by atoms with Crippen LogP contribution in [0.15, 0.2) is 48.5 Å². The summed E-state index contributed by atoms with van der Waals surface area (Å²) in [6, 6.07) is 12.4. The first-order valence-electron chi connectivity index (χ1n) is 7.66. The molecule has 2 amide bonds. The number of phenolic OH excluding ortho intramolecular Hbond substituents is 1. The molecular formula is C18H16N2O5. The van der Waals surface area contributed by atoms with Crippen LogP contribution in [0.25, 0.3) is 0 Å². The number of benzene rings is 2. The van der Waals surface area contributed by atoms with Crippen molar-refractivity contribution in [3.8, 4) is 5.75 Å². The molecule has 7 nitrogen and oxygen atoms in total. The van der Waals surface area contributed by atoms with Crippen LogP contribution < -0.4 is 10.2 Å². The van der Waals surface area contributed by atoms with E-state index in [0.717, 1.165) is 0 Å². The summed E-state index contributed by atoms with van der Waals surface area (Å²) in [5.74, 6) is -1.47. The van der Waals surface area contributed by atoms with E-state index in [1.807, 2.05) is 0 Å². The number of aromatic hydroxyl groups is 1. The standard InChI is InChI=1S/C18H16N2O5/c1-11(25-18(24)12-6-8-13(21)9-7-12)17(23)20-10-16(22)19-14-4-2-3-5-15(14)20/h2-9,11,21H,10H2,1H3,(H,19,22)/t11-/m1/s1. The topological polar surface area (TPSA) is 95.9 Å². The highest BCUT2D eigenvalue weighted by Gasteiger charge is 2.31. The van der Waals surface area contributed by atoms with Crippen LogP contribution in [0.2, 0.25) is 0 Å². The Kier molecular flexibility index (Phi) is 4.38. The summed E-state index contributed by atoms with van der Waals surface area (Å²) < 4.78 is 5.20. The maximum Gasteiger partial charge on any atom is 0.338 e. The van der Waals surface area contributed by atoms with Crippen LogP contribution >= 0.6 is 0 Å². The van der Waals surface area contributed by atoms with Gasteiger partial charge in [-0.15, -0.1) is 0 Å². The molecule has 0 aliphatic carbocycles. The number of esters is 1. The molecule has 0 saturated carbocycles. The molecule has 1 heterocycles. The van der Waals surface area contributed by atoms with Crippen molar-refractivity contribution in [3.05, 3.63) is 54.1 Å². The molecular weight excluding hydrogens is 324 g/mol. The monoisotopic (exact) mass is 340 g/mol. The van der Waals surface area contributed by atoms with Gasteiger partial charge in [-0.25, -0.2) is 4.79 Å². The summed E-state index contributed by atoms with van der Waals surface area (Å²) in [5.41, 5.74) is 1.30. The minimum atomic E-state index is -1.07. The van der Waals surface area contributed by atoms with Crippen molar-refractivity contribution in [1.29, 1.82) is 0 Å². The molecule has 128 valence electrons. The number of para-hydroxylation sites is 2. The molecule has 0 bridgehead atoms. The molecule has 0 unspecified atom stereocenters. The van der Waals surface area contributed by atoms with Gasteiger partial charge in [0.25, 0.3) is 5.91 Å². The Hall–Kier alpha value is -3.35. The van der Waals surface area contributed by atoms with E-state index in [0.29, 0.717) is 11.4 Å². The first kappa shape index (κ1) is 16.5. The average molecular weight is 340 g/mol. The summed E-state index contributed by atoms with van der Waals surface area (Å²) >= 11 is 0. The number of nitrogens with zero attached hydrogens (tertiary/aromatic N) is 1. The van der Waals surface area contributed by atoms with E-state index in [-0.39, 0.29) is 23.8 Å². The second-order valence-corrected chi connectivity index (χ2v) is 5.58. The lowest BCUT2D eigenvalue weighted by atomic mass is 10.1. The number of amides is 2. The van der Waals surface area contributed by atoms with Crippen LogP contribution in [0.3, 0.4) is 0 Å². The fraction of sp³-hybridized carbons (Fsp3) is 0.167.